The van der Waals surface area contributed by atoms with E-state index >= 15 is 0 Å². The van der Waals surface area contributed by atoms with Gasteiger partial charge in [0.05, 0.1) is 13.1 Å². The Morgan fingerprint density at radius 2 is 1.50 bits per heavy atom. The molecule has 0 radical (unpaired) electrons. The highest BCUT2D eigenvalue weighted by molar-refractivity contribution is 5.72. The molecular formula is C13H13N5O4. The summed E-state index contributed by atoms with van der Waals surface area (Å²) in [6.45, 7) is -0.474. The van der Waals surface area contributed by atoms with Crippen LogP contribution in [0.15, 0.2) is 30.6 Å². The van der Waals surface area contributed by atoms with E-state index in [-0.39, 0.29) is 19.6 Å². The van der Waals surface area contributed by atoms with Gasteiger partial charge in [-0.25, -0.2) is 0 Å². The molecule has 0 unspecified atom stereocenters. The van der Waals surface area contributed by atoms with Gasteiger partial charge in [0.1, 0.15) is 0 Å². The molecule has 9 nitrogen and oxygen atoms in total. The standard InChI is InChI=1S/C13H13N5O4/c19-11(20)6-18(7-12(21)22)5-9-1-3-10(4-2-9)13-16-14-8-15-17-13/h1-4,8H,5-7H2,(H,19,20)(H,21,22). The molecule has 0 aliphatic carbocycles. The van der Waals surface area contributed by atoms with Gasteiger partial charge in [0.25, 0.3) is 0 Å². The maximum absolute atomic E-state index is 10.8. The Kier molecular flexibility index (Phi) is 5.04. The van der Waals surface area contributed by atoms with Crippen LogP contribution >= 0.6 is 0 Å². The van der Waals surface area contributed by atoms with E-state index < -0.39 is 11.9 Å². The molecule has 0 amide bonds. The van der Waals surface area contributed by atoms with Crippen molar-refractivity contribution >= 4 is 11.9 Å². The monoisotopic (exact) mass is 303 g/mol. The number of carbonyl (C=O) groups is 2. The lowest BCUT2D eigenvalue weighted by atomic mass is 10.1. The lowest BCUT2D eigenvalue weighted by molar-refractivity contribution is -0.142. The van der Waals surface area contributed by atoms with Gasteiger partial charge in [0.15, 0.2) is 6.33 Å². The Bertz CT molecular complexity index is 631. The maximum atomic E-state index is 10.8. The summed E-state index contributed by atoms with van der Waals surface area (Å²) in [5.74, 6) is -1.78. The SMILES string of the molecule is O=C(O)CN(CC(=O)O)Cc1ccc(-c2nncnn2)cc1. The van der Waals surface area contributed by atoms with Crippen molar-refractivity contribution in [1.29, 1.82) is 0 Å². The van der Waals surface area contributed by atoms with Crippen molar-refractivity contribution in [2.24, 2.45) is 0 Å². The third-order valence-electron chi connectivity index (χ3n) is 2.74. The highest BCUT2D eigenvalue weighted by Gasteiger charge is 2.14. The van der Waals surface area contributed by atoms with Crippen LogP contribution in [0.1, 0.15) is 5.56 Å². The first-order valence-electron chi connectivity index (χ1n) is 6.30. The Morgan fingerprint density at radius 1 is 0.955 bits per heavy atom. The van der Waals surface area contributed by atoms with Crippen LogP contribution in [0.2, 0.25) is 0 Å². The molecule has 2 N–H and O–H groups in total. The zero-order valence-electron chi connectivity index (χ0n) is 11.5. The summed E-state index contributed by atoms with van der Waals surface area (Å²) in [5, 5.41) is 32.5. The molecule has 0 aliphatic heterocycles. The fraction of sp³-hybridized carbons (Fsp3) is 0.231. The summed E-state index contributed by atoms with van der Waals surface area (Å²) in [4.78, 5) is 22.8. The van der Waals surface area contributed by atoms with Gasteiger partial charge < -0.3 is 10.2 Å². The lowest BCUT2D eigenvalue weighted by Crippen LogP contribution is -2.33. The van der Waals surface area contributed by atoms with Gasteiger partial charge in [0.2, 0.25) is 5.82 Å². The maximum Gasteiger partial charge on any atom is 0.317 e. The first kappa shape index (κ1) is 15.4. The van der Waals surface area contributed by atoms with E-state index in [2.05, 4.69) is 20.4 Å². The van der Waals surface area contributed by atoms with Crippen LogP contribution in [0.4, 0.5) is 0 Å². The molecule has 9 heteroatoms. The second-order valence-electron chi connectivity index (χ2n) is 4.50. The molecule has 0 saturated heterocycles. The highest BCUT2D eigenvalue weighted by Crippen LogP contribution is 2.14. The zero-order chi connectivity index (χ0) is 15.9. The van der Waals surface area contributed by atoms with Gasteiger partial charge in [-0.1, -0.05) is 24.3 Å². The van der Waals surface area contributed by atoms with Crippen molar-refractivity contribution in [2.75, 3.05) is 13.1 Å². The molecule has 1 aromatic heterocycles. The van der Waals surface area contributed by atoms with Crippen LogP contribution in [0.25, 0.3) is 11.4 Å². The lowest BCUT2D eigenvalue weighted by Gasteiger charge is -2.17. The van der Waals surface area contributed by atoms with Crippen LogP contribution in [0.3, 0.4) is 0 Å². The fourth-order valence-corrected chi connectivity index (χ4v) is 1.89. The molecule has 0 aliphatic rings. The van der Waals surface area contributed by atoms with Gasteiger partial charge in [-0.15, -0.1) is 20.4 Å². The van der Waals surface area contributed by atoms with Crippen molar-refractivity contribution < 1.29 is 19.8 Å². The molecule has 0 atom stereocenters. The molecule has 0 spiro atoms. The van der Waals surface area contributed by atoms with E-state index in [1.54, 1.807) is 24.3 Å². The van der Waals surface area contributed by atoms with Crippen LogP contribution in [0.5, 0.6) is 0 Å². The minimum absolute atomic E-state index is 0.213. The Balaban J connectivity index is 2.08. The predicted molar refractivity (Wildman–Crippen MR) is 73.6 cm³/mol. The molecular weight excluding hydrogens is 290 g/mol. The highest BCUT2D eigenvalue weighted by atomic mass is 16.4. The number of carboxylic acids is 2. The fourth-order valence-electron chi connectivity index (χ4n) is 1.89. The second kappa shape index (κ2) is 7.18. The van der Waals surface area contributed by atoms with Crippen LogP contribution in [0, 0.1) is 0 Å². The molecule has 22 heavy (non-hydrogen) atoms. The van der Waals surface area contributed by atoms with E-state index in [0.717, 1.165) is 5.56 Å². The normalized spacial score (nSPS) is 10.6. The predicted octanol–water partition coefficient (Wildman–Crippen LogP) is -0.0952. The molecule has 0 saturated carbocycles. The second-order valence-corrected chi connectivity index (χ2v) is 4.50. The number of aromatic nitrogens is 4. The van der Waals surface area contributed by atoms with Gasteiger partial charge in [-0.05, 0) is 5.56 Å². The smallest absolute Gasteiger partial charge is 0.317 e. The molecule has 1 aromatic carbocycles. The van der Waals surface area contributed by atoms with E-state index in [1.165, 1.54) is 11.2 Å². The van der Waals surface area contributed by atoms with E-state index in [1.807, 2.05) is 0 Å². The first-order chi connectivity index (χ1) is 10.5. The molecule has 0 bridgehead atoms. The van der Waals surface area contributed by atoms with Gasteiger partial charge >= 0.3 is 11.9 Å². The van der Waals surface area contributed by atoms with Crippen molar-refractivity contribution in [1.82, 2.24) is 25.3 Å². The summed E-state index contributed by atoms with van der Waals surface area (Å²) < 4.78 is 0. The average Bonchev–Trinajstić information content (AvgIpc) is 2.47. The van der Waals surface area contributed by atoms with E-state index in [4.69, 9.17) is 10.2 Å². The molecule has 1 heterocycles. The molecule has 114 valence electrons. The number of rotatable bonds is 7. The Morgan fingerprint density at radius 3 is 2.00 bits per heavy atom. The van der Waals surface area contributed by atoms with Crippen molar-refractivity contribution in [3.63, 3.8) is 0 Å². The van der Waals surface area contributed by atoms with Gasteiger partial charge in [-0.2, -0.15) is 0 Å². The third-order valence-corrected chi connectivity index (χ3v) is 2.74. The van der Waals surface area contributed by atoms with Gasteiger partial charge in [-0.3, -0.25) is 14.5 Å². The summed E-state index contributed by atoms with van der Waals surface area (Å²) in [5.41, 5.74) is 1.50. The largest absolute Gasteiger partial charge is 0.480 e. The van der Waals surface area contributed by atoms with Gasteiger partial charge in [0, 0.05) is 12.1 Å². The van der Waals surface area contributed by atoms with Crippen LogP contribution in [-0.4, -0.2) is 60.5 Å². The van der Waals surface area contributed by atoms with E-state index in [9.17, 15) is 9.59 Å². The minimum Gasteiger partial charge on any atom is -0.480 e. The van der Waals surface area contributed by atoms with Crippen LogP contribution in [-0.2, 0) is 16.1 Å². The number of nitrogens with zero attached hydrogens (tertiary/aromatic N) is 5. The van der Waals surface area contributed by atoms with Crippen molar-refractivity contribution in [3.05, 3.63) is 36.2 Å². The number of hydrogen-bond donors (Lipinski definition) is 2. The van der Waals surface area contributed by atoms with E-state index in [0.29, 0.717) is 11.4 Å². The van der Waals surface area contributed by atoms with Crippen molar-refractivity contribution in [3.8, 4) is 11.4 Å². The summed E-state index contributed by atoms with van der Waals surface area (Å²) in [6.07, 6.45) is 1.23. The Labute approximate surface area is 125 Å². The summed E-state index contributed by atoms with van der Waals surface area (Å²) in [7, 11) is 0. The third kappa shape index (κ3) is 4.56. The number of aliphatic carboxylic acids is 2. The zero-order valence-corrected chi connectivity index (χ0v) is 11.5. The first-order valence-corrected chi connectivity index (χ1v) is 6.30. The summed E-state index contributed by atoms with van der Waals surface area (Å²) >= 11 is 0. The number of benzene rings is 1. The topological polar surface area (TPSA) is 129 Å². The number of carboxylic acid groups (broad SMARTS) is 2. The molecule has 2 aromatic rings. The quantitative estimate of drug-likeness (QED) is 0.720. The number of hydrogen-bond acceptors (Lipinski definition) is 7. The minimum atomic E-state index is -1.08. The Hall–Kier alpha value is -2.94. The average molecular weight is 303 g/mol. The summed E-state index contributed by atoms with van der Waals surface area (Å²) in [6, 6.07) is 6.99. The van der Waals surface area contributed by atoms with Crippen molar-refractivity contribution in [2.45, 2.75) is 6.54 Å². The molecule has 0 fully saturated rings. The van der Waals surface area contributed by atoms with Crippen LogP contribution < -0.4 is 0 Å². The molecule has 2 rings (SSSR count).